The number of aromatic nitrogens is 2. The topological polar surface area (TPSA) is 8.81 Å². The standard InChI is InChI=1S/C29H27N2/c1-30-21-22-31(23-30)28(24-13-5-2-6-14-24)29(27-19-11-12-20-27,25-15-7-3-8-16-25)26-17-9-4-10-18-26/h2-23,27-28H,1H3/q+1. The zero-order valence-corrected chi connectivity index (χ0v) is 17.8. The third-order valence-corrected chi connectivity index (χ3v) is 6.41. The van der Waals surface area contributed by atoms with Gasteiger partial charge >= 0.3 is 0 Å². The van der Waals surface area contributed by atoms with Gasteiger partial charge in [0.05, 0.1) is 12.5 Å². The first kappa shape index (κ1) is 19.3. The van der Waals surface area contributed by atoms with Crippen molar-refractivity contribution in [2.24, 2.45) is 13.0 Å². The summed E-state index contributed by atoms with van der Waals surface area (Å²) in [6, 6.07) is 33.0. The van der Waals surface area contributed by atoms with Crippen LogP contribution in [0.2, 0.25) is 0 Å². The van der Waals surface area contributed by atoms with Crippen molar-refractivity contribution in [1.82, 2.24) is 4.57 Å². The number of aryl methyl sites for hydroxylation is 1. The molecule has 0 N–H and O–H groups in total. The van der Waals surface area contributed by atoms with E-state index in [-0.39, 0.29) is 17.4 Å². The molecular weight excluding hydrogens is 376 g/mol. The molecule has 5 rings (SSSR count). The highest BCUT2D eigenvalue weighted by atomic mass is 15.1. The number of hydrogen-bond acceptors (Lipinski definition) is 0. The third-order valence-electron chi connectivity index (χ3n) is 6.41. The highest BCUT2D eigenvalue weighted by Crippen LogP contribution is 2.52. The minimum atomic E-state index is -0.320. The lowest BCUT2D eigenvalue weighted by Gasteiger charge is -2.43. The molecule has 2 nitrogen and oxygen atoms in total. The Labute approximate surface area is 184 Å². The normalized spacial score (nSPS) is 14.7. The predicted molar refractivity (Wildman–Crippen MR) is 126 cm³/mol. The number of imidazole rings is 1. The molecule has 1 unspecified atom stereocenters. The van der Waals surface area contributed by atoms with E-state index in [1.165, 1.54) is 16.7 Å². The fourth-order valence-corrected chi connectivity index (χ4v) is 5.14. The number of nitrogens with zero attached hydrogens (tertiary/aromatic N) is 2. The molecule has 3 aromatic carbocycles. The smallest absolute Gasteiger partial charge is 0.240 e. The molecule has 0 saturated carbocycles. The predicted octanol–water partition coefficient (Wildman–Crippen LogP) is 5.63. The van der Waals surface area contributed by atoms with Gasteiger partial charge in [-0.2, -0.15) is 0 Å². The molecular formula is C29H27N2+. The van der Waals surface area contributed by atoms with E-state index in [0.29, 0.717) is 0 Å². The first-order valence-electron chi connectivity index (χ1n) is 10.8. The summed E-state index contributed by atoms with van der Waals surface area (Å²) < 4.78 is 4.49. The van der Waals surface area contributed by atoms with Crippen LogP contribution < -0.4 is 4.57 Å². The van der Waals surface area contributed by atoms with E-state index in [9.17, 15) is 0 Å². The molecule has 1 heterocycles. The van der Waals surface area contributed by atoms with Crippen molar-refractivity contribution in [3.63, 3.8) is 0 Å². The van der Waals surface area contributed by atoms with Crippen LogP contribution >= 0.6 is 0 Å². The number of allylic oxidation sites excluding steroid dienone is 4. The van der Waals surface area contributed by atoms with Crippen LogP contribution in [0.5, 0.6) is 0 Å². The maximum Gasteiger partial charge on any atom is 0.244 e. The highest BCUT2D eigenvalue weighted by molar-refractivity contribution is 5.50. The van der Waals surface area contributed by atoms with E-state index in [2.05, 4.69) is 150 Å². The minimum absolute atomic E-state index is 0.0668. The van der Waals surface area contributed by atoms with Gasteiger partial charge in [0.2, 0.25) is 6.33 Å². The Hall–Kier alpha value is -3.65. The SMILES string of the molecule is C[n+]1ccn(C(c2ccccc2)C(c2ccccc2)(c2ccccc2)C2C=CC=C2)c1. The summed E-state index contributed by atoms with van der Waals surface area (Å²) in [5.41, 5.74) is 3.60. The molecule has 0 bridgehead atoms. The van der Waals surface area contributed by atoms with Gasteiger partial charge in [-0.25, -0.2) is 9.13 Å². The molecule has 1 aliphatic carbocycles. The molecule has 1 aromatic heterocycles. The van der Waals surface area contributed by atoms with E-state index in [1.807, 2.05) is 0 Å². The number of benzene rings is 3. The van der Waals surface area contributed by atoms with Gasteiger partial charge in [0.15, 0.2) is 0 Å². The quantitative estimate of drug-likeness (QED) is 0.369. The van der Waals surface area contributed by atoms with Gasteiger partial charge in [-0.3, -0.25) is 0 Å². The van der Waals surface area contributed by atoms with Crippen LogP contribution in [0.4, 0.5) is 0 Å². The van der Waals surface area contributed by atoms with Crippen molar-refractivity contribution in [3.8, 4) is 0 Å². The second-order valence-corrected chi connectivity index (χ2v) is 8.24. The largest absolute Gasteiger partial charge is 0.244 e. The van der Waals surface area contributed by atoms with Crippen molar-refractivity contribution in [1.29, 1.82) is 0 Å². The van der Waals surface area contributed by atoms with Crippen molar-refractivity contribution < 1.29 is 4.57 Å². The summed E-state index contributed by atoms with van der Waals surface area (Å²) >= 11 is 0. The number of rotatable bonds is 6. The summed E-state index contributed by atoms with van der Waals surface area (Å²) in [6.07, 6.45) is 15.6. The molecule has 0 spiro atoms. The molecule has 0 amide bonds. The molecule has 31 heavy (non-hydrogen) atoms. The number of hydrogen-bond donors (Lipinski definition) is 0. The molecule has 0 radical (unpaired) electrons. The molecule has 1 aliphatic rings. The highest BCUT2D eigenvalue weighted by Gasteiger charge is 2.51. The Morgan fingerprint density at radius 3 is 1.74 bits per heavy atom. The van der Waals surface area contributed by atoms with Crippen LogP contribution in [0.3, 0.4) is 0 Å². The van der Waals surface area contributed by atoms with Crippen LogP contribution in [-0.2, 0) is 12.5 Å². The van der Waals surface area contributed by atoms with Crippen molar-refractivity contribution in [2.75, 3.05) is 0 Å². The monoisotopic (exact) mass is 403 g/mol. The first-order valence-corrected chi connectivity index (χ1v) is 10.8. The van der Waals surface area contributed by atoms with Gasteiger partial charge in [-0.05, 0) is 16.7 Å². The molecule has 0 aliphatic heterocycles. The molecule has 2 heteroatoms. The average Bonchev–Trinajstić information content (AvgIpc) is 3.51. The Morgan fingerprint density at radius 1 is 0.742 bits per heavy atom. The minimum Gasteiger partial charge on any atom is -0.240 e. The Bertz CT molecular complexity index is 1140. The van der Waals surface area contributed by atoms with Gasteiger partial charge in [-0.15, -0.1) is 0 Å². The zero-order chi connectivity index (χ0) is 21.1. The van der Waals surface area contributed by atoms with Crippen molar-refractivity contribution in [3.05, 3.63) is 151 Å². The van der Waals surface area contributed by atoms with Crippen LogP contribution in [0, 0.1) is 5.92 Å². The summed E-state index contributed by atoms with van der Waals surface area (Å²) in [5.74, 6) is 0.218. The summed E-state index contributed by atoms with van der Waals surface area (Å²) in [5, 5.41) is 0. The van der Waals surface area contributed by atoms with Gasteiger partial charge in [0, 0.05) is 5.92 Å². The van der Waals surface area contributed by atoms with Crippen LogP contribution in [0.15, 0.2) is 134 Å². The lowest BCUT2D eigenvalue weighted by Crippen LogP contribution is -2.44. The van der Waals surface area contributed by atoms with E-state index >= 15 is 0 Å². The summed E-state index contributed by atoms with van der Waals surface area (Å²) in [7, 11) is 2.08. The van der Waals surface area contributed by atoms with E-state index in [1.54, 1.807) is 0 Å². The van der Waals surface area contributed by atoms with Gasteiger partial charge < -0.3 is 0 Å². The Kier molecular flexibility index (Phi) is 5.13. The molecule has 152 valence electrons. The van der Waals surface area contributed by atoms with Crippen molar-refractivity contribution >= 4 is 0 Å². The second kappa shape index (κ2) is 8.23. The Balaban J connectivity index is 1.89. The lowest BCUT2D eigenvalue weighted by atomic mass is 9.60. The molecule has 0 saturated heterocycles. The van der Waals surface area contributed by atoms with Crippen LogP contribution in [0.1, 0.15) is 22.7 Å². The van der Waals surface area contributed by atoms with E-state index in [0.717, 1.165) is 0 Å². The van der Waals surface area contributed by atoms with E-state index in [4.69, 9.17) is 0 Å². The first-order chi connectivity index (χ1) is 15.3. The van der Waals surface area contributed by atoms with Gasteiger partial charge in [-0.1, -0.05) is 115 Å². The molecule has 1 atom stereocenters. The maximum absolute atomic E-state index is 2.37. The third kappa shape index (κ3) is 3.34. The van der Waals surface area contributed by atoms with Crippen LogP contribution in [-0.4, -0.2) is 4.57 Å². The molecule has 0 fully saturated rings. The molecule has 4 aromatic rings. The fourth-order valence-electron chi connectivity index (χ4n) is 5.14. The van der Waals surface area contributed by atoms with Crippen molar-refractivity contribution in [2.45, 2.75) is 11.5 Å². The zero-order valence-electron chi connectivity index (χ0n) is 17.8. The van der Waals surface area contributed by atoms with E-state index < -0.39 is 0 Å². The maximum atomic E-state index is 2.37. The second-order valence-electron chi connectivity index (χ2n) is 8.24. The van der Waals surface area contributed by atoms with Gasteiger partial charge in [0.25, 0.3) is 0 Å². The summed E-state index contributed by atoms with van der Waals surface area (Å²) in [4.78, 5) is 0. The Morgan fingerprint density at radius 2 is 1.26 bits per heavy atom. The lowest BCUT2D eigenvalue weighted by molar-refractivity contribution is -0.671. The fraction of sp³-hybridized carbons (Fsp3) is 0.138. The average molecular weight is 404 g/mol. The summed E-state index contributed by atoms with van der Waals surface area (Å²) in [6.45, 7) is 0. The van der Waals surface area contributed by atoms with Gasteiger partial charge in [0.1, 0.15) is 18.4 Å². The van der Waals surface area contributed by atoms with Crippen LogP contribution in [0.25, 0.3) is 0 Å².